The van der Waals surface area contributed by atoms with Crippen molar-refractivity contribution in [2.75, 3.05) is 6.61 Å². The molecule has 0 spiro atoms. The van der Waals surface area contributed by atoms with Crippen LogP contribution in [0.5, 0.6) is 0 Å². The van der Waals surface area contributed by atoms with Crippen molar-refractivity contribution in [2.45, 2.75) is 141 Å². The summed E-state index contributed by atoms with van der Waals surface area (Å²) in [4.78, 5) is 58.8. The Morgan fingerprint density at radius 1 is 1.03 bits per heavy atom. The number of rotatable bonds is 12. The van der Waals surface area contributed by atoms with Crippen LogP contribution in [0.2, 0.25) is 0 Å². The van der Waals surface area contributed by atoms with Gasteiger partial charge in [-0.3, -0.25) is 9.59 Å². The maximum absolute atomic E-state index is 14.4. The van der Waals surface area contributed by atoms with Gasteiger partial charge in [0, 0.05) is 20.3 Å². The number of ether oxygens (including phenoxy) is 7. The van der Waals surface area contributed by atoms with E-state index in [0.717, 1.165) is 6.11 Å². The maximum atomic E-state index is 14.4. The van der Waals surface area contributed by atoms with Gasteiger partial charge in [-0.1, -0.05) is 31.7 Å². The van der Waals surface area contributed by atoms with Crippen LogP contribution in [0.1, 0.15) is 85.0 Å². The normalized spacial score (nSPS) is 37.0. The number of esters is 4. The predicted octanol–water partition coefficient (Wildman–Crippen LogP) is 3.42. The molecule has 2 N–H and O–H groups in total. The molecule has 4 fully saturated rings. The van der Waals surface area contributed by atoms with Gasteiger partial charge in [0.2, 0.25) is 0 Å². The van der Waals surface area contributed by atoms with E-state index in [4.69, 9.17) is 33.2 Å². The molecule has 16 heteroatoms. The summed E-state index contributed by atoms with van der Waals surface area (Å²) in [6.07, 6.45) is -7.21. The van der Waals surface area contributed by atoms with Crippen LogP contribution < -0.4 is 0 Å². The van der Waals surface area contributed by atoms with E-state index in [0.29, 0.717) is 18.3 Å². The molecule has 0 amide bonds. The molecular formula is C42H54BNO14. The predicted molar refractivity (Wildman–Crippen MR) is 205 cm³/mol. The Balaban J connectivity index is 1.62. The number of aliphatic imine (C=N–C) groups is 1. The van der Waals surface area contributed by atoms with Crippen LogP contribution in [-0.4, -0.2) is 120 Å². The minimum absolute atomic E-state index is 0.0242. The first-order valence-corrected chi connectivity index (χ1v) is 19.7. The van der Waals surface area contributed by atoms with Crippen molar-refractivity contribution in [1.82, 2.24) is 0 Å². The van der Waals surface area contributed by atoms with E-state index in [9.17, 15) is 34.1 Å². The summed E-state index contributed by atoms with van der Waals surface area (Å²) in [6.45, 7) is 16.9. The van der Waals surface area contributed by atoms with E-state index in [1.807, 2.05) is 20.8 Å². The first-order valence-electron chi connectivity index (χ1n) is 19.7. The minimum atomic E-state index is -2.20. The summed E-state index contributed by atoms with van der Waals surface area (Å²) in [5, 5.41) is 25.1. The van der Waals surface area contributed by atoms with Crippen molar-refractivity contribution in [3.63, 3.8) is 0 Å². The topological polar surface area (TPSA) is 203 Å². The third-order valence-corrected chi connectivity index (χ3v) is 13.0. The van der Waals surface area contributed by atoms with Gasteiger partial charge in [0.25, 0.3) is 0 Å². The number of benzene rings is 1. The molecule has 58 heavy (non-hydrogen) atoms. The summed E-state index contributed by atoms with van der Waals surface area (Å²) < 4.78 is 55.7. The number of aliphatic hydroxyl groups excluding tert-OH is 1. The Morgan fingerprint density at radius 2 is 1.72 bits per heavy atom. The molecule has 2 bridgehead atoms. The zero-order valence-corrected chi connectivity index (χ0v) is 34.2. The molecule has 15 nitrogen and oxygen atoms in total. The van der Waals surface area contributed by atoms with Crippen molar-refractivity contribution in [3.05, 3.63) is 59.7 Å². The van der Waals surface area contributed by atoms with Crippen LogP contribution in [0, 0.1) is 22.7 Å². The molecule has 2 aliphatic heterocycles. The Kier molecular flexibility index (Phi) is 12.1. The quantitative estimate of drug-likeness (QED) is 0.102. The van der Waals surface area contributed by atoms with E-state index in [1.165, 1.54) is 19.9 Å². The first-order chi connectivity index (χ1) is 27.3. The van der Waals surface area contributed by atoms with Gasteiger partial charge in [0.1, 0.15) is 6.10 Å². The number of aliphatic hydroxyl groups is 2. The van der Waals surface area contributed by atoms with Crippen LogP contribution in [0.4, 0.5) is 0 Å². The molecule has 2 saturated carbocycles. The molecule has 6 rings (SSSR count). The molecule has 0 aromatic heterocycles. The third kappa shape index (κ3) is 7.18. The number of fused-ring (bicyclic) bond motifs is 4. The molecule has 1 aromatic rings. The van der Waals surface area contributed by atoms with Crippen LogP contribution in [0.3, 0.4) is 0 Å². The van der Waals surface area contributed by atoms with E-state index < -0.39 is 107 Å². The van der Waals surface area contributed by atoms with Crippen LogP contribution >= 0.6 is 0 Å². The second kappa shape index (κ2) is 16.2. The number of carbonyl (C=O) groups excluding carboxylic acids is 4. The molecule has 13 atom stereocenters. The molecule has 1 aromatic carbocycles. The Hall–Kier alpha value is -4.09. The van der Waals surface area contributed by atoms with E-state index in [1.54, 1.807) is 51.1 Å². The molecular weight excluding hydrogens is 753 g/mol. The fourth-order valence-corrected chi connectivity index (χ4v) is 10.4. The average molecular weight is 808 g/mol. The van der Waals surface area contributed by atoms with Gasteiger partial charge < -0.3 is 14.2 Å². The Bertz CT molecular complexity index is 1870. The summed E-state index contributed by atoms with van der Waals surface area (Å²) in [7, 11) is 0.442. The second-order valence-corrected chi connectivity index (χ2v) is 17.3. The first kappa shape index (κ1) is 43.5. The standard InChI is InChI=1S/C42H54BNO14/c1-10-30-55-28-17-29-41(19-52-29,58-24(6)46)34-36(57-37(48)25-14-12-11-13-15-25)42(50)18-27(54-38(49)32(47)26(16-21(2)3)44-20-43-51)22(4)31(39(42,7)8)33(53-23(5)45)35(56-30)40(28,34)9/h10-15,20-21,26-30,32-36,47,50H,1,16-19H2,2-9H3/t26-,27-,28-,29+,30?,32+,33-,34-,35?,36-,40+,41-,42+/m0/s1. The number of carbonyl (C=O) groups is 4. The molecule has 2 unspecified atom stereocenters. The number of nitrogens with zero attached hydrogens (tertiary/aromatic N) is 1. The van der Waals surface area contributed by atoms with Crippen LogP contribution in [0.25, 0.3) is 0 Å². The zero-order valence-electron chi connectivity index (χ0n) is 34.2. The summed E-state index contributed by atoms with van der Waals surface area (Å²) in [5.41, 5.74) is -5.65. The van der Waals surface area contributed by atoms with E-state index >= 15 is 0 Å². The fourth-order valence-electron chi connectivity index (χ4n) is 10.4. The molecule has 2 heterocycles. The van der Waals surface area contributed by atoms with Crippen LogP contribution in [0.15, 0.2) is 59.1 Å². The number of hydrogen-bond acceptors (Lipinski definition) is 15. The SMILES string of the molecule is C=CC1OC2[C@@H](OC(C)=O)C3=C(C)[C@@H](OC(=O)[C@H](O)[C@H](CC(C)C)N=CB=O)C[C@@](O)([C@@H](OC(=O)c4ccccc4)[C@@H]4[C@]5(OC(C)=O)CO[C@@H]5C[C@H](O1)[C@@]24C)C3(C)C. The Labute approximate surface area is 338 Å². The van der Waals surface area contributed by atoms with Crippen molar-refractivity contribution in [2.24, 2.45) is 27.7 Å². The van der Waals surface area contributed by atoms with Gasteiger partial charge >= 0.3 is 210 Å². The summed E-state index contributed by atoms with van der Waals surface area (Å²) >= 11 is 0. The van der Waals surface area contributed by atoms with Gasteiger partial charge in [-0.2, -0.15) is 0 Å². The Morgan fingerprint density at radius 3 is 2.29 bits per heavy atom. The number of hydrogen-bond donors (Lipinski definition) is 2. The van der Waals surface area contributed by atoms with E-state index in [-0.39, 0.29) is 37.4 Å². The molecule has 0 radical (unpaired) electrons. The van der Waals surface area contributed by atoms with Gasteiger partial charge in [-0.05, 0) is 18.2 Å². The van der Waals surface area contributed by atoms with Gasteiger partial charge in [0.15, 0.2) is 6.29 Å². The summed E-state index contributed by atoms with van der Waals surface area (Å²) in [6, 6.07) is 7.16. The summed E-state index contributed by atoms with van der Waals surface area (Å²) in [5.74, 6) is -4.41. The monoisotopic (exact) mass is 807 g/mol. The molecule has 2 saturated heterocycles. The van der Waals surface area contributed by atoms with E-state index in [2.05, 4.69) is 11.6 Å². The molecule has 314 valence electrons. The van der Waals surface area contributed by atoms with Gasteiger partial charge in [-0.15, -0.1) is 0 Å². The van der Waals surface area contributed by atoms with Gasteiger partial charge in [-0.25, -0.2) is 4.79 Å². The van der Waals surface area contributed by atoms with Crippen molar-refractivity contribution in [1.29, 1.82) is 0 Å². The van der Waals surface area contributed by atoms with Crippen molar-refractivity contribution < 1.29 is 67.3 Å². The zero-order chi connectivity index (χ0) is 42.5. The average Bonchev–Trinajstić information content (AvgIpc) is 3.15. The van der Waals surface area contributed by atoms with Crippen molar-refractivity contribution >= 4 is 37.1 Å². The fraction of sp³-hybridized carbons (Fsp3) is 0.643. The van der Waals surface area contributed by atoms with Crippen LogP contribution in [-0.2, 0) is 52.2 Å². The van der Waals surface area contributed by atoms with Gasteiger partial charge in [0.05, 0.1) is 18.3 Å². The molecule has 5 aliphatic rings. The molecule has 3 aliphatic carbocycles. The van der Waals surface area contributed by atoms with Crippen molar-refractivity contribution in [3.8, 4) is 0 Å². The second-order valence-electron chi connectivity index (χ2n) is 17.3. The third-order valence-electron chi connectivity index (χ3n) is 13.0.